The highest BCUT2D eigenvalue weighted by Gasteiger charge is 2.22. The van der Waals surface area contributed by atoms with E-state index >= 15 is 0 Å². The van der Waals surface area contributed by atoms with Crippen molar-refractivity contribution >= 4 is 17.3 Å². The lowest BCUT2D eigenvalue weighted by atomic mass is 9.84. The molecule has 1 N–H and O–H groups in total. The average Bonchev–Trinajstić information content (AvgIpc) is 2.34. The smallest absolute Gasteiger partial charge is 0.147 e. The van der Waals surface area contributed by atoms with Crippen LogP contribution in [0.2, 0.25) is 5.02 Å². The Kier molecular flexibility index (Phi) is 4.27. The van der Waals surface area contributed by atoms with Gasteiger partial charge in [-0.15, -0.1) is 0 Å². The molecule has 0 spiro atoms. The summed E-state index contributed by atoms with van der Waals surface area (Å²) in [6, 6.07) is 5.18. The molecule has 1 aliphatic rings. The lowest BCUT2D eigenvalue weighted by Crippen LogP contribution is -2.27. The Balaban J connectivity index is 2.05. The van der Waals surface area contributed by atoms with Crippen LogP contribution in [0.15, 0.2) is 18.2 Å². The van der Waals surface area contributed by atoms with Crippen LogP contribution in [0.3, 0.4) is 0 Å². The van der Waals surface area contributed by atoms with Crippen molar-refractivity contribution in [1.29, 1.82) is 0 Å². The van der Waals surface area contributed by atoms with Gasteiger partial charge in [-0.1, -0.05) is 43.9 Å². The number of hydrogen-bond acceptors (Lipinski definition) is 1. The summed E-state index contributed by atoms with van der Waals surface area (Å²) in [5.74, 6) is 0.517. The number of nitrogens with one attached hydrogen (secondary N) is 1. The molecule has 0 heterocycles. The molecule has 1 aromatic carbocycles. The Morgan fingerprint density at radius 2 is 2.24 bits per heavy atom. The van der Waals surface area contributed by atoms with Crippen molar-refractivity contribution in [2.75, 3.05) is 5.32 Å². The maximum absolute atomic E-state index is 13.6. The highest BCUT2D eigenvalue weighted by molar-refractivity contribution is 6.33. The van der Waals surface area contributed by atoms with Crippen LogP contribution < -0.4 is 5.32 Å². The van der Waals surface area contributed by atoms with Crippen LogP contribution in [0.4, 0.5) is 10.1 Å². The minimum absolute atomic E-state index is 0.254. The van der Waals surface area contributed by atoms with Crippen LogP contribution in [0, 0.1) is 11.7 Å². The molecular weight excluding hydrogens is 237 g/mol. The van der Waals surface area contributed by atoms with Crippen molar-refractivity contribution in [2.24, 2.45) is 5.92 Å². The zero-order valence-corrected chi connectivity index (χ0v) is 10.9. The number of rotatable bonds is 3. The van der Waals surface area contributed by atoms with E-state index in [1.807, 2.05) is 0 Å². The van der Waals surface area contributed by atoms with Gasteiger partial charge < -0.3 is 5.32 Å². The van der Waals surface area contributed by atoms with Crippen LogP contribution >= 0.6 is 11.6 Å². The molecule has 3 heteroatoms. The number of anilines is 1. The van der Waals surface area contributed by atoms with Crippen LogP contribution in [0.25, 0.3) is 0 Å². The molecule has 0 bridgehead atoms. The van der Waals surface area contributed by atoms with Crippen LogP contribution in [0.1, 0.15) is 39.0 Å². The van der Waals surface area contributed by atoms with Crippen molar-refractivity contribution in [2.45, 2.75) is 45.1 Å². The SMILES string of the molecule is CCC1CCCC(Nc2c(F)cccc2Cl)C1. The van der Waals surface area contributed by atoms with Gasteiger partial charge in [-0.3, -0.25) is 0 Å². The van der Waals surface area contributed by atoms with Crippen LogP contribution in [0.5, 0.6) is 0 Å². The molecule has 2 atom stereocenters. The van der Waals surface area contributed by atoms with Gasteiger partial charge in [-0.2, -0.15) is 0 Å². The van der Waals surface area contributed by atoms with Gasteiger partial charge in [0, 0.05) is 6.04 Å². The minimum atomic E-state index is -0.254. The Bertz CT molecular complexity index is 360. The third-order valence-electron chi connectivity index (χ3n) is 3.67. The number of halogens is 2. The highest BCUT2D eigenvalue weighted by Crippen LogP contribution is 2.31. The zero-order chi connectivity index (χ0) is 12.3. The van der Waals surface area contributed by atoms with Crippen molar-refractivity contribution in [3.63, 3.8) is 0 Å². The molecule has 0 radical (unpaired) electrons. The quantitative estimate of drug-likeness (QED) is 0.813. The van der Waals surface area contributed by atoms with E-state index in [-0.39, 0.29) is 5.82 Å². The molecule has 17 heavy (non-hydrogen) atoms. The lowest BCUT2D eigenvalue weighted by molar-refractivity contribution is 0.327. The van der Waals surface area contributed by atoms with Gasteiger partial charge in [0.1, 0.15) is 5.82 Å². The molecule has 2 rings (SSSR count). The summed E-state index contributed by atoms with van der Waals surface area (Å²) < 4.78 is 13.6. The summed E-state index contributed by atoms with van der Waals surface area (Å²) in [7, 11) is 0. The first-order valence-corrected chi connectivity index (χ1v) is 6.79. The molecule has 0 aromatic heterocycles. The van der Waals surface area contributed by atoms with Crippen LogP contribution in [-0.2, 0) is 0 Å². The Labute approximate surface area is 107 Å². The first-order valence-electron chi connectivity index (χ1n) is 6.41. The number of hydrogen-bond donors (Lipinski definition) is 1. The van der Waals surface area contributed by atoms with E-state index in [9.17, 15) is 4.39 Å². The Morgan fingerprint density at radius 3 is 2.94 bits per heavy atom. The maximum atomic E-state index is 13.6. The van der Waals surface area contributed by atoms with E-state index in [0.717, 1.165) is 18.8 Å². The summed E-state index contributed by atoms with van der Waals surface area (Å²) in [5.41, 5.74) is 0.468. The van der Waals surface area contributed by atoms with E-state index in [0.29, 0.717) is 16.8 Å². The second kappa shape index (κ2) is 5.72. The summed E-state index contributed by atoms with van der Waals surface area (Å²) in [6.07, 6.45) is 5.98. The summed E-state index contributed by atoms with van der Waals surface area (Å²) in [5, 5.41) is 3.75. The van der Waals surface area contributed by atoms with Crippen LogP contribution in [-0.4, -0.2) is 6.04 Å². The van der Waals surface area contributed by atoms with E-state index in [4.69, 9.17) is 11.6 Å². The molecular formula is C14H19ClFN. The van der Waals surface area contributed by atoms with Crippen molar-refractivity contribution in [3.8, 4) is 0 Å². The van der Waals surface area contributed by atoms with Gasteiger partial charge in [-0.25, -0.2) is 4.39 Å². The normalized spacial score (nSPS) is 24.6. The fourth-order valence-corrected chi connectivity index (χ4v) is 2.85. The molecule has 1 aliphatic carbocycles. The third-order valence-corrected chi connectivity index (χ3v) is 3.99. The molecule has 1 saturated carbocycles. The minimum Gasteiger partial charge on any atom is -0.379 e. The van der Waals surface area contributed by atoms with Crippen molar-refractivity contribution in [1.82, 2.24) is 0 Å². The fourth-order valence-electron chi connectivity index (χ4n) is 2.63. The highest BCUT2D eigenvalue weighted by atomic mass is 35.5. The first kappa shape index (κ1) is 12.7. The molecule has 0 aliphatic heterocycles. The monoisotopic (exact) mass is 255 g/mol. The second-order valence-electron chi connectivity index (χ2n) is 4.88. The number of para-hydroxylation sites is 1. The maximum Gasteiger partial charge on any atom is 0.147 e. The predicted octanol–water partition coefficient (Wildman–Crippen LogP) is 4.86. The molecule has 1 nitrogen and oxygen atoms in total. The molecule has 1 fully saturated rings. The summed E-state index contributed by atoms with van der Waals surface area (Å²) >= 11 is 6.02. The topological polar surface area (TPSA) is 12.0 Å². The van der Waals surface area contributed by atoms with E-state index in [1.165, 1.54) is 25.3 Å². The van der Waals surface area contributed by atoms with Gasteiger partial charge in [0.05, 0.1) is 10.7 Å². The predicted molar refractivity (Wildman–Crippen MR) is 71.1 cm³/mol. The van der Waals surface area contributed by atoms with Crippen molar-refractivity contribution in [3.05, 3.63) is 29.0 Å². The summed E-state index contributed by atoms with van der Waals surface area (Å²) in [6.45, 7) is 2.23. The zero-order valence-electron chi connectivity index (χ0n) is 10.2. The van der Waals surface area contributed by atoms with Gasteiger partial charge in [0.15, 0.2) is 0 Å². The standard InChI is InChI=1S/C14H19ClFN/c1-2-10-5-3-6-11(9-10)17-14-12(15)7-4-8-13(14)16/h4,7-8,10-11,17H,2-3,5-6,9H2,1H3. The Morgan fingerprint density at radius 1 is 1.41 bits per heavy atom. The third kappa shape index (κ3) is 3.12. The van der Waals surface area contributed by atoms with Gasteiger partial charge in [-0.05, 0) is 30.9 Å². The molecule has 2 unspecified atom stereocenters. The summed E-state index contributed by atoms with van der Waals surface area (Å²) in [4.78, 5) is 0. The number of benzene rings is 1. The molecule has 0 amide bonds. The van der Waals surface area contributed by atoms with Crippen molar-refractivity contribution < 1.29 is 4.39 Å². The van der Waals surface area contributed by atoms with E-state index < -0.39 is 0 Å². The van der Waals surface area contributed by atoms with E-state index in [1.54, 1.807) is 12.1 Å². The lowest BCUT2D eigenvalue weighted by Gasteiger charge is -2.30. The average molecular weight is 256 g/mol. The molecule has 0 saturated heterocycles. The van der Waals surface area contributed by atoms with Gasteiger partial charge in [0.25, 0.3) is 0 Å². The van der Waals surface area contributed by atoms with Gasteiger partial charge in [0.2, 0.25) is 0 Å². The second-order valence-corrected chi connectivity index (χ2v) is 5.29. The molecule has 94 valence electrons. The van der Waals surface area contributed by atoms with Gasteiger partial charge >= 0.3 is 0 Å². The Hall–Kier alpha value is -0.760. The molecule has 1 aromatic rings. The van der Waals surface area contributed by atoms with E-state index in [2.05, 4.69) is 12.2 Å². The largest absolute Gasteiger partial charge is 0.379 e. The first-order chi connectivity index (χ1) is 8.20. The fraction of sp³-hybridized carbons (Fsp3) is 0.571.